The molecule has 0 N–H and O–H groups in total. The molecule has 0 radical (unpaired) electrons. The lowest BCUT2D eigenvalue weighted by molar-refractivity contribution is -0.128. The van der Waals surface area contributed by atoms with Crippen molar-refractivity contribution in [2.24, 2.45) is 0 Å². The van der Waals surface area contributed by atoms with Crippen LogP contribution in [0.1, 0.15) is 5.56 Å². The quantitative estimate of drug-likeness (QED) is 0.746. The molecule has 1 amide bonds. The highest BCUT2D eigenvalue weighted by Crippen LogP contribution is 2.25. The van der Waals surface area contributed by atoms with Crippen molar-refractivity contribution in [3.63, 3.8) is 0 Å². The molecule has 1 atom stereocenters. The highest BCUT2D eigenvalue weighted by Gasteiger charge is 2.32. The van der Waals surface area contributed by atoms with E-state index in [1.807, 2.05) is 30.3 Å². The van der Waals surface area contributed by atoms with E-state index in [-0.39, 0.29) is 5.91 Å². The van der Waals surface area contributed by atoms with E-state index in [9.17, 15) is 9.59 Å². The summed E-state index contributed by atoms with van der Waals surface area (Å²) >= 11 is 0. The first-order valence-corrected chi connectivity index (χ1v) is 5.42. The van der Waals surface area contributed by atoms with Crippen LogP contribution in [0.4, 0.5) is 4.79 Å². The number of rotatable bonds is 2. The second-order valence-electron chi connectivity index (χ2n) is 3.82. The van der Waals surface area contributed by atoms with E-state index in [1.54, 1.807) is 13.1 Å². The van der Waals surface area contributed by atoms with Crippen LogP contribution in [0.25, 0.3) is 5.57 Å². The van der Waals surface area contributed by atoms with Crippen LogP contribution in [0.3, 0.4) is 0 Å². The maximum Gasteiger partial charge on any atom is 0.510 e. The summed E-state index contributed by atoms with van der Waals surface area (Å²) in [7, 11) is 2.79. The Morgan fingerprint density at radius 1 is 1.28 bits per heavy atom. The summed E-state index contributed by atoms with van der Waals surface area (Å²) in [5.41, 5.74) is 1.32. The van der Waals surface area contributed by atoms with Crippen molar-refractivity contribution in [3.8, 4) is 0 Å². The number of methoxy groups -OCH3 is 1. The van der Waals surface area contributed by atoms with Crippen LogP contribution in [0.15, 0.2) is 36.4 Å². The van der Waals surface area contributed by atoms with E-state index < -0.39 is 12.4 Å². The van der Waals surface area contributed by atoms with Crippen molar-refractivity contribution in [2.75, 3.05) is 14.2 Å². The van der Waals surface area contributed by atoms with Gasteiger partial charge in [-0.2, -0.15) is 0 Å². The summed E-state index contributed by atoms with van der Waals surface area (Å²) in [5, 5.41) is 0. The number of likely N-dealkylation sites (N-methyl/N-ethyl adjacent to an activating group) is 1. The summed E-state index contributed by atoms with van der Waals surface area (Å²) in [4.78, 5) is 24.4. The van der Waals surface area contributed by atoms with E-state index in [0.29, 0.717) is 5.57 Å². The molecule has 0 bridgehead atoms. The first-order chi connectivity index (χ1) is 8.63. The van der Waals surface area contributed by atoms with E-state index in [1.165, 1.54) is 12.0 Å². The van der Waals surface area contributed by atoms with Crippen molar-refractivity contribution in [1.29, 1.82) is 0 Å². The standard InChI is InChI=1S/C13H13NO4/c1-14-11(18-13(16)17-2)8-10(12(14)15)9-6-4-3-5-7-9/h3-8,11H,1-2H3. The monoisotopic (exact) mass is 247 g/mol. The fraction of sp³-hybridized carbons (Fsp3) is 0.231. The van der Waals surface area contributed by atoms with Crippen LogP contribution >= 0.6 is 0 Å². The first kappa shape index (κ1) is 12.2. The molecule has 0 fully saturated rings. The van der Waals surface area contributed by atoms with Gasteiger partial charge in [0, 0.05) is 12.6 Å². The molecular formula is C13H13NO4. The number of carbonyl (C=O) groups excluding carboxylic acids is 2. The zero-order chi connectivity index (χ0) is 13.1. The summed E-state index contributed by atoms with van der Waals surface area (Å²) in [6.07, 6.45) is 0.0690. The van der Waals surface area contributed by atoms with Gasteiger partial charge in [-0.25, -0.2) is 4.79 Å². The summed E-state index contributed by atoms with van der Waals surface area (Å²) in [6, 6.07) is 9.22. The van der Waals surface area contributed by atoms with Crippen molar-refractivity contribution >= 4 is 17.6 Å². The van der Waals surface area contributed by atoms with Gasteiger partial charge in [0.1, 0.15) is 0 Å². The van der Waals surface area contributed by atoms with Gasteiger partial charge in [-0.15, -0.1) is 0 Å². The number of benzene rings is 1. The van der Waals surface area contributed by atoms with E-state index in [4.69, 9.17) is 4.74 Å². The number of carbonyl (C=O) groups is 2. The van der Waals surface area contributed by atoms with Crippen molar-refractivity contribution in [2.45, 2.75) is 6.23 Å². The van der Waals surface area contributed by atoms with Crippen LogP contribution in [0.2, 0.25) is 0 Å². The molecule has 1 aliphatic rings. The van der Waals surface area contributed by atoms with Crippen molar-refractivity contribution in [1.82, 2.24) is 4.90 Å². The molecule has 1 aromatic rings. The van der Waals surface area contributed by atoms with Crippen LogP contribution < -0.4 is 0 Å². The molecule has 5 nitrogen and oxygen atoms in total. The molecule has 0 aliphatic carbocycles. The highest BCUT2D eigenvalue weighted by molar-refractivity contribution is 6.21. The van der Waals surface area contributed by atoms with E-state index in [2.05, 4.69) is 4.74 Å². The lowest BCUT2D eigenvalue weighted by Gasteiger charge is -2.18. The second kappa shape index (κ2) is 4.91. The summed E-state index contributed by atoms with van der Waals surface area (Å²) < 4.78 is 9.37. The molecule has 0 aromatic heterocycles. The molecular weight excluding hydrogens is 234 g/mol. The lowest BCUT2D eigenvalue weighted by Crippen LogP contribution is -2.33. The van der Waals surface area contributed by atoms with Gasteiger partial charge in [0.05, 0.1) is 7.11 Å². The number of amides is 1. The third-order valence-electron chi connectivity index (χ3n) is 2.71. The minimum absolute atomic E-state index is 0.185. The van der Waals surface area contributed by atoms with E-state index >= 15 is 0 Å². The molecule has 1 aromatic carbocycles. The molecule has 0 saturated carbocycles. The Balaban J connectivity index is 2.24. The van der Waals surface area contributed by atoms with E-state index in [0.717, 1.165) is 5.56 Å². The molecule has 2 rings (SSSR count). The van der Waals surface area contributed by atoms with Crippen LogP contribution in [-0.2, 0) is 14.3 Å². The van der Waals surface area contributed by atoms with Gasteiger partial charge in [-0.05, 0) is 11.6 Å². The predicted octanol–water partition coefficient (Wildman–Crippen LogP) is 1.65. The molecule has 94 valence electrons. The largest absolute Gasteiger partial charge is 0.510 e. The second-order valence-corrected chi connectivity index (χ2v) is 3.82. The third-order valence-corrected chi connectivity index (χ3v) is 2.71. The third kappa shape index (κ3) is 2.20. The first-order valence-electron chi connectivity index (χ1n) is 5.42. The molecule has 1 heterocycles. The Morgan fingerprint density at radius 3 is 2.56 bits per heavy atom. The fourth-order valence-electron chi connectivity index (χ4n) is 1.73. The van der Waals surface area contributed by atoms with Crippen molar-refractivity contribution in [3.05, 3.63) is 42.0 Å². The fourth-order valence-corrected chi connectivity index (χ4v) is 1.73. The SMILES string of the molecule is COC(=O)OC1C=C(c2ccccc2)C(=O)N1C. The lowest BCUT2D eigenvalue weighted by atomic mass is 10.1. The van der Waals surface area contributed by atoms with Gasteiger partial charge in [-0.1, -0.05) is 30.3 Å². The van der Waals surface area contributed by atoms with Gasteiger partial charge in [0.2, 0.25) is 6.23 Å². The number of hydrogen-bond acceptors (Lipinski definition) is 4. The zero-order valence-electron chi connectivity index (χ0n) is 10.1. The molecule has 0 spiro atoms. The van der Waals surface area contributed by atoms with Gasteiger partial charge >= 0.3 is 6.16 Å². The number of hydrogen-bond donors (Lipinski definition) is 0. The molecule has 5 heteroatoms. The zero-order valence-corrected chi connectivity index (χ0v) is 10.1. The average molecular weight is 247 g/mol. The Bertz CT molecular complexity index is 495. The minimum Gasteiger partial charge on any atom is -0.438 e. The summed E-state index contributed by atoms with van der Waals surface area (Å²) in [5.74, 6) is -0.185. The van der Waals surface area contributed by atoms with Crippen LogP contribution in [0.5, 0.6) is 0 Å². The highest BCUT2D eigenvalue weighted by atomic mass is 16.7. The Labute approximate surface area is 105 Å². The van der Waals surface area contributed by atoms with Gasteiger partial charge < -0.3 is 14.4 Å². The van der Waals surface area contributed by atoms with Gasteiger partial charge in [0.15, 0.2) is 0 Å². The van der Waals surface area contributed by atoms with Gasteiger partial charge in [-0.3, -0.25) is 4.79 Å². The maximum absolute atomic E-state index is 12.0. The molecule has 1 unspecified atom stereocenters. The number of nitrogens with zero attached hydrogens (tertiary/aromatic N) is 1. The Kier molecular flexibility index (Phi) is 3.32. The number of ether oxygens (including phenoxy) is 2. The topological polar surface area (TPSA) is 55.8 Å². The minimum atomic E-state index is -0.815. The van der Waals surface area contributed by atoms with Crippen LogP contribution in [0, 0.1) is 0 Å². The Hall–Kier alpha value is -2.30. The molecule has 1 aliphatic heterocycles. The predicted molar refractivity (Wildman–Crippen MR) is 64.5 cm³/mol. The van der Waals surface area contributed by atoms with Gasteiger partial charge in [0.25, 0.3) is 5.91 Å². The Morgan fingerprint density at radius 2 is 1.94 bits per heavy atom. The summed E-state index contributed by atoms with van der Waals surface area (Å²) in [6.45, 7) is 0. The van der Waals surface area contributed by atoms with Crippen molar-refractivity contribution < 1.29 is 19.1 Å². The smallest absolute Gasteiger partial charge is 0.438 e. The molecule has 0 saturated heterocycles. The van der Waals surface area contributed by atoms with Crippen LogP contribution in [-0.4, -0.2) is 37.3 Å². The molecule has 18 heavy (non-hydrogen) atoms. The normalized spacial score (nSPS) is 18.6. The average Bonchev–Trinajstić information content (AvgIpc) is 2.68. The maximum atomic E-state index is 12.0.